The minimum Gasteiger partial charge on any atom is -0.497 e. The van der Waals surface area contributed by atoms with Crippen LogP contribution in [0.3, 0.4) is 0 Å². The first kappa shape index (κ1) is 22.6. The van der Waals surface area contributed by atoms with Crippen LogP contribution in [0.15, 0.2) is 73.1 Å². The Labute approximate surface area is 194 Å². The van der Waals surface area contributed by atoms with Gasteiger partial charge >= 0.3 is 0 Å². The minimum absolute atomic E-state index is 0.0315. The van der Waals surface area contributed by atoms with Crippen molar-refractivity contribution in [2.45, 2.75) is 19.0 Å². The largest absolute Gasteiger partial charge is 0.497 e. The number of non-ortho nitro benzene ring substituents is 1. The zero-order valence-electron chi connectivity index (χ0n) is 18.2. The van der Waals surface area contributed by atoms with Crippen molar-refractivity contribution in [3.8, 4) is 5.75 Å². The Morgan fingerprint density at radius 1 is 1.15 bits per heavy atom. The van der Waals surface area contributed by atoms with E-state index in [0.29, 0.717) is 17.0 Å². The van der Waals surface area contributed by atoms with E-state index in [1.165, 1.54) is 36.3 Å². The molecule has 1 atom stereocenters. The molecule has 34 heavy (non-hydrogen) atoms. The highest BCUT2D eigenvalue weighted by molar-refractivity contribution is 6.23. The molecule has 1 fully saturated rings. The lowest BCUT2D eigenvalue weighted by atomic mass is 10.1. The van der Waals surface area contributed by atoms with Crippen LogP contribution in [-0.4, -0.2) is 45.7 Å². The van der Waals surface area contributed by atoms with E-state index in [9.17, 15) is 24.5 Å². The highest BCUT2D eigenvalue weighted by Crippen LogP contribution is 2.29. The van der Waals surface area contributed by atoms with Crippen LogP contribution in [0.4, 0.5) is 11.4 Å². The summed E-state index contributed by atoms with van der Waals surface area (Å²) in [6, 6.07) is 14.0. The second-order valence-electron chi connectivity index (χ2n) is 7.58. The van der Waals surface area contributed by atoms with Crippen LogP contribution in [-0.2, 0) is 16.1 Å². The SMILES string of the molecule is COc1ccc(N2C(=O)CC(N(Cc3cccnc3)C(=O)c3ccc([N+](=O)[O-])cc3)C2=O)cc1. The molecule has 1 aliphatic rings. The van der Waals surface area contributed by atoms with Gasteiger partial charge in [-0.05, 0) is 48.0 Å². The molecule has 1 aliphatic heterocycles. The fourth-order valence-corrected chi connectivity index (χ4v) is 3.77. The van der Waals surface area contributed by atoms with Gasteiger partial charge in [0.2, 0.25) is 5.91 Å². The number of nitro benzene ring substituents is 1. The predicted molar refractivity (Wildman–Crippen MR) is 121 cm³/mol. The van der Waals surface area contributed by atoms with Crippen molar-refractivity contribution in [1.82, 2.24) is 9.88 Å². The first-order chi connectivity index (χ1) is 16.4. The number of nitro groups is 1. The van der Waals surface area contributed by atoms with Crippen LogP contribution >= 0.6 is 0 Å². The maximum Gasteiger partial charge on any atom is 0.269 e. The number of methoxy groups -OCH3 is 1. The van der Waals surface area contributed by atoms with Gasteiger partial charge in [0.1, 0.15) is 11.8 Å². The Balaban J connectivity index is 1.66. The van der Waals surface area contributed by atoms with Crippen LogP contribution in [0.2, 0.25) is 0 Å². The molecule has 3 amide bonds. The Morgan fingerprint density at radius 3 is 2.44 bits per heavy atom. The summed E-state index contributed by atoms with van der Waals surface area (Å²) in [5.74, 6) is -0.922. The lowest BCUT2D eigenvalue weighted by Crippen LogP contribution is -2.45. The molecule has 0 N–H and O–H groups in total. The number of anilines is 1. The molecular weight excluding hydrogens is 440 g/mol. The molecule has 1 unspecified atom stereocenters. The number of carbonyl (C=O) groups excluding carboxylic acids is 3. The summed E-state index contributed by atoms with van der Waals surface area (Å²) in [5.41, 5.74) is 1.05. The van der Waals surface area contributed by atoms with E-state index in [1.807, 2.05) is 0 Å². The van der Waals surface area contributed by atoms with Crippen molar-refractivity contribution in [2.24, 2.45) is 0 Å². The second kappa shape index (κ2) is 9.49. The summed E-state index contributed by atoms with van der Waals surface area (Å²) in [7, 11) is 1.51. The average molecular weight is 460 g/mol. The van der Waals surface area contributed by atoms with Crippen molar-refractivity contribution in [3.63, 3.8) is 0 Å². The van der Waals surface area contributed by atoms with Crippen molar-refractivity contribution in [3.05, 3.63) is 94.3 Å². The molecular formula is C24H20N4O6. The Morgan fingerprint density at radius 2 is 1.85 bits per heavy atom. The molecule has 0 bridgehead atoms. The second-order valence-corrected chi connectivity index (χ2v) is 7.58. The predicted octanol–water partition coefficient (Wildman–Crippen LogP) is 2.97. The molecule has 172 valence electrons. The summed E-state index contributed by atoms with van der Waals surface area (Å²) in [6.07, 6.45) is 2.96. The van der Waals surface area contributed by atoms with E-state index < -0.39 is 28.7 Å². The van der Waals surface area contributed by atoms with E-state index in [-0.39, 0.29) is 24.2 Å². The molecule has 2 aromatic carbocycles. The summed E-state index contributed by atoms with van der Waals surface area (Å²) in [5, 5.41) is 11.0. The smallest absolute Gasteiger partial charge is 0.269 e. The number of pyridine rings is 1. The average Bonchev–Trinajstić information content (AvgIpc) is 3.16. The summed E-state index contributed by atoms with van der Waals surface area (Å²) >= 11 is 0. The first-order valence-corrected chi connectivity index (χ1v) is 10.3. The summed E-state index contributed by atoms with van der Waals surface area (Å²) < 4.78 is 5.13. The van der Waals surface area contributed by atoms with Gasteiger partial charge in [-0.1, -0.05) is 6.07 Å². The lowest BCUT2D eigenvalue weighted by molar-refractivity contribution is -0.384. The van der Waals surface area contributed by atoms with Gasteiger partial charge in [-0.3, -0.25) is 29.5 Å². The minimum atomic E-state index is -1.04. The number of imide groups is 1. The zero-order chi connectivity index (χ0) is 24.2. The third-order valence-corrected chi connectivity index (χ3v) is 5.49. The molecule has 0 saturated carbocycles. The lowest BCUT2D eigenvalue weighted by Gasteiger charge is -2.28. The van der Waals surface area contributed by atoms with E-state index >= 15 is 0 Å². The number of nitrogens with zero attached hydrogens (tertiary/aromatic N) is 4. The quantitative estimate of drug-likeness (QED) is 0.302. The Kier molecular flexibility index (Phi) is 6.30. The number of hydrogen-bond donors (Lipinski definition) is 0. The van der Waals surface area contributed by atoms with E-state index in [4.69, 9.17) is 4.74 Å². The maximum absolute atomic E-state index is 13.4. The number of benzene rings is 2. The Hall–Kier alpha value is -4.60. The van der Waals surface area contributed by atoms with Crippen molar-refractivity contribution in [1.29, 1.82) is 0 Å². The topological polar surface area (TPSA) is 123 Å². The van der Waals surface area contributed by atoms with Crippen LogP contribution < -0.4 is 9.64 Å². The maximum atomic E-state index is 13.4. The molecule has 2 heterocycles. The Bertz CT molecular complexity index is 1230. The number of aromatic nitrogens is 1. The van der Waals surface area contributed by atoms with Crippen molar-refractivity contribution >= 4 is 29.1 Å². The van der Waals surface area contributed by atoms with E-state index in [2.05, 4.69) is 4.98 Å². The zero-order valence-corrected chi connectivity index (χ0v) is 18.2. The highest BCUT2D eigenvalue weighted by atomic mass is 16.6. The van der Waals surface area contributed by atoms with E-state index in [1.54, 1.807) is 48.8 Å². The van der Waals surface area contributed by atoms with Gasteiger partial charge < -0.3 is 9.64 Å². The van der Waals surface area contributed by atoms with Crippen molar-refractivity contribution in [2.75, 3.05) is 12.0 Å². The number of ether oxygens (including phenoxy) is 1. The first-order valence-electron chi connectivity index (χ1n) is 10.3. The van der Waals surface area contributed by atoms with Gasteiger partial charge in [-0.15, -0.1) is 0 Å². The molecule has 0 radical (unpaired) electrons. The molecule has 4 rings (SSSR count). The summed E-state index contributed by atoms with van der Waals surface area (Å²) in [4.78, 5) is 56.4. The third kappa shape index (κ3) is 4.46. The van der Waals surface area contributed by atoms with Gasteiger partial charge in [0.05, 0.1) is 24.1 Å². The molecule has 10 nitrogen and oxygen atoms in total. The number of hydrogen-bond acceptors (Lipinski definition) is 7. The monoisotopic (exact) mass is 460 g/mol. The van der Waals surface area contributed by atoms with Crippen LogP contribution in [0.5, 0.6) is 5.75 Å². The molecule has 1 aromatic heterocycles. The standard InChI is InChI=1S/C24H20N4O6/c1-34-20-10-8-18(9-11-20)27-22(29)13-21(24(27)31)26(15-16-3-2-12-25-14-16)23(30)17-4-6-19(7-5-17)28(32)33/h2-12,14,21H,13,15H2,1H3. The van der Waals surface area contributed by atoms with Crippen LogP contribution in [0, 0.1) is 10.1 Å². The molecule has 3 aromatic rings. The highest BCUT2D eigenvalue weighted by Gasteiger charge is 2.44. The number of rotatable bonds is 7. The third-order valence-electron chi connectivity index (χ3n) is 5.49. The molecule has 0 spiro atoms. The van der Waals surface area contributed by atoms with Crippen LogP contribution in [0.25, 0.3) is 0 Å². The van der Waals surface area contributed by atoms with E-state index in [0.717, 1.165) is 4.90 Å². The van der Waals surface area contributed by atoms with Gasteiger partial charge in [0.25, 0.3) is 17.5 Å². The molecule has 10 heteroatoms. The fourth-order valence-electron chi connectivity index (χ4n) is 3.77. The summed E-state index contributed by atoms with van der Waals surface area (Å²) in [6.45, 7) is 0.0315. The molecule has 1 saturated heterocycles. The fraction of sp³-hybridized carbons (Fsp3) is 0.167. The molecule has 0 aliphatic carbocycles. The normalized spacial score (nSPS) is 15.3. The van der Waals surface area contributed by atoms with Gasteiger partial charge in [0.15, 0.2) is 0 Å². The number of carbonyl (C=O) groups is 3. The van der Waals surface area contributed by atoms with Crippen molar-refractivity contribution < 1.29 is 24.0 Å². The van der Waals surface area contributed by atoms with Crippen LogP contribution in [0.1, 0.15) is 22.3 Å². The van der Waals surface area contributed by atoms with Gasteiger partial charge in [-0.2, -0.15) is 0 Å². The van der Waals surface area contributed by atoms with Gasteiger partial charge in [0, 0.05) is 36.6 Å². The number of amides is 3. The van der Waals surface area contributed by atoms with Gasteiger partial charge in [-0.25, -0.2) is 4.90 Å².